The van der Waals surface area contributed by atoms with Crippen LogP contribution in [-0.2, 0) is 0 Å². The summed E-state index contributed by atoms with van der Waals surface area (Å²) in [6.45, 7) is 3.74. The maximum Gasteiger partial charge on any atom is 0.274 e. The molecule has 25 heavy (non-hydrogen) atoms. The van der Waals surface area contributed by atoms with E-state index >= 15 is 0 Å². The molecule has 2 N–H and O–H groups in total. The Hall–Kier alpha value is -2.14. The van der Waals surface area contributed by atoms with Gasteiger partial charge in [-0.1, -0.05) is 36.9 Å². The standard InChI is InChI=1S/C19H23ClN4O/c1-12-11-17(18(25)23-16-10-6-9-15(20)13(16)2)24-19(21-12)22-14-7-4-3-5-8-14/h6,9-11,14H,3-5,7-8H2,1-2H3,(H,23,25)(H,21,22,24). The van der Waals surface area contributed by atoms with Gasteiger partial charge in [-0.25, -0.2) is 9.97 Å². The molecule has 1 amide bonds. The van der Waals surface area contributed by atoms with Crippen LogP contribution in [0.2, 0.25) is 5.02 Å². The van der Waals surface area contributed by atoms with Crippen molar-refractivity contribution in [3.05, 3.63) is 46.2 Å². The number of carbonyl (C=O) groups excluding carboxylic acids is 1. The normalized spacial score (nSPS) is 15.0. The lowest BCUT2D eigenvalue weighted by Crippen LogP contribution is -2.24. The van der Waals surface area contributed by atoms with Gasteiger partial charge in [0.2, 0.25) is 5.95 Å². The van der Waals surface area contributed by atoms with E-state index in [0.717, 1.165) is 24.1 Å². The van der Waals surface area contributed by atoms with Crippen LogP contribution in [0.5, 0.6) is 0 Å². The molecule has 0 unspecified atom stereocenters. The lowest BCUT2D eigenvalue weighted by molar-refractivity contribution is 0.102. The second kappa shape index (κ2) is 7.83. The zero-order valence-electron chi connectivity index (χ0n) is 14.6. The van der Waals surface area contributed by atoms with Gasteiger partial charge in [0.15, 0.2) is 0 Å². The average Bonchev–Trinajstić information content (AvgIpc) is 2.59. The highest BCUT2D eigenvalue weighted by Crippen LogP contribution is 2.24. The summed E-state index contributed by atoms with van der Waals surface area (Å²) in [5.74, 6) is 0.266. The quantitative estimate of drug-likeness (QED) is 0.828. The summed E-state index contributed by atoms with van der Waals surface area (Å²) in [6.07, 6.45) is 6.00. The predicted molar refractivity (Wildman–Crippen MR) is 101 cm³/mol. The van der Waals surface area contributed by atoms with Crippen molar-refractivity contribution in [3.63, 3.8) is 0 Å². The molecule has 3 rings (SSSR count). The molecule has 5 nitrogen and oxygen atoms in total. The predicted octanol–water partition coefficient (Wildman–Crippen LogP) is 4.74. The molecule has 1 aromatic heterocycles. The molecule has 1 heterocycles. The topological polar surface area (TPSA) is 66.9 Å². The number of carbonyl (C=O) groups is 1. The van der Waals surface area contributed by atoms with E-state index in [9.17, 15) is 4.79 Å². The first-order chi connectivity index (χ1) is 12.0. The molecule has 1 aromatic carbocycles. The molecule has 0 bridgehead atoms. The average molecular weight is 359 g/mol. The molecule has 0 atom stereocenters. The van der Waals surface area contributed by atoms with Crippen LogP contribution in [0.4, 0.5) is 11.6 Å². The van der Waals surface area contributed by atoms with E-state index in [1.807, 2.05) is 26.0 Å². The van der Waals surface area contributed by atoms with E-state index in [2.05, 4.69) is 20.6 Å². The van der Waals surface area contributed by atoms with Gasteiger partial charge >= 0.3 is 0 Å². The lowest BCUT2D eigenvalue weighted by atomic mass is 9.96. The molecule has 132 valence electrons. The van der Waals surface area contributed by atoms with Crippen LogP contribution in [-0.4, -0.2) is 21.9 Å². The van der Waals surface area contributed by atoms with Gasteiger partial charge in [-0.15, -0.1) is 0 Å². The summed E-state index contributed by atoms with van der Waals surface area (Å²) in [6, 6.07) is 7.52. The SMILES string of the molecule is Cc1cc(C(=O)Nc2cccc(Cl)c2C)nc(NC2CCCCC2)n1. The number of hydrogen-bond acceptors (Lipinski definition) is 4. The van der Waals surface area contributed by atoms with Crippen molar-refractivity contribution >= 4 is 29.1 Å². The lowest BCUT2D eigenvalue weighted by Gasteiger charge is -2.23. The highest BCUT2D eigenvalue weighted by molar-refractivity contribution is 6.31. The number of benzene rings is 1. The van der Waals surface area contributed by atoms with Gasteiger partial charge in [0.1, 0.15) is 5.69 Å². The van der Waals surface area contributed by atoms with E-state index in [1.54, 1.807) is 12.1 Å². The fourth-order valence-corrected chi connectivity index (χ4v) is 3.28. The highest BCUT2D eigenvalue weighted by atomic mass is 35.5. The number of aromatic nitrogens is 2. The van der Waals surface area contributed by atoms with Gasteiger partial charge < -0.3 is 10.6 Å². The number of halogens is 1. The van der Waals surface area contributed by atoms with Gasteiger partial charge in [0.25, 0.3) is 5.91 Å². The minimum absolute atomic E-state index is 0.262. The third-order valence-electron chi connectivity index (χ3n) is 4.54. The highest BCUT2D eigenvalue weighted by Gasteiger charge is 2.17. The molecule has 0 aliphatic heterocycles. The molecular formula is C19H23ClN4O. The number of hydrogen-bond donors (Lipinski definition) is 2. The van der Waals surface area contributed by atoms with E-state index in [1.165, 1.54) is 19.3 Å². The van der Waals surface area contributed by atoms with Crippen molar-refractivity contribution in [2.75, 3.05) is 10.6 Å². The number of anilines is 2. The van der Waals surface area contributed by atoms with Crippen LogP contribution in [0.15, 0.2) is 24.3 Å². The van der Waals surface area contributed by atoms with Crippen molar-refractivity contribution in [2.24, 2.45) is 0 Å². The number of rotatable bonds is 4. The second-order valence-corrected chi connectivity index (χ2v) is 6.97. The van der Waals surface area contributed by atoms with E-state index < -0.39 is 0 Å². The molecular weight excluding hydrogens is 336 g/mol. The molecule has 6 heteroatoms. The van der Waals surface area contributed by atoms with Gasteiger partial charge in [-0.2, -0.15) is 0 Å². The summed E-state index contributed by atoms with van der Waals surface area (Å²) in [4.78, 5) is 21.4. The van der Waals surface area contributed by atoms with E-state index in [4.69, 9.17) is 11.6 Å². The first-order valence-corrected chi connectivity index (χ1v) is 9.09. The van der Waals surface area contributed by atoms with Gasteiger partial charge in [-0.05, 0) is 50.5 Å². The zero-order chi connectivity index (χ0) is 17.8. The van der Waals surface area contributed by atoms with E-state index in [-0.39, 0.29) is 5.91 Å². The van der Waals surface area contributed by atoms with Crippen LogP contribution in [0.1, 0.15) is 53.8 Å². The van der Waals surface area contributed by atoms with Crippen LogP contribution >= 0.6 is 11.6 Å². The summed E-state index contributed by atoms with van der Waals surface area (Å²) in [5, 5.41) is 6.88. The van der Waals surface area contributed by atoms with Crippen molar-refractivity contribution in [1.82, 2.24) is 9.97 Å². The molecule has 0 spiro atoms. The van der Waals surface area contributed by atoms with Crippen molar-refractivity contribution in [1.29, 1.82) is 0 Å². The van der Waals surface area contributed by atoms with Crippen molar-refractivity contribution < 1.29 is 4.79 Å². The third kappa shape index (κ3) is 4.48. The monoisotopic (exact) mass is 358 g/mol. The van der Waals surface area contributed by atoms with Crippen LogP contribution < -0.4 is 10.6 Å². The van der Waals surface area contributed by atoms with Crippen molar-refractivity contribution in [2.45, 2.75) is 52.0 Å². The first kappa shape index (κ1) is 17.7. The van der Waals surface area contributed by atoms with Crippen LogP contribution in [0.25, 0.3) is 0 Å². The van der Waals surface area contributed by atoms with Crippen LogP contribution in [0.3, 0.4) is 0 Å². The Morgan fingerprint density at radius 1 is 1.16 bits per heavy atom. The zero-order valence-corrected chi connectivity index (χ0v) is 15.4. The summed E-state index contributed by atoms with van der Waals surface area (Å²) < 4.78 is 0. The minimum atomic E-state index is -0.262. The Bertz CT molecular complexity index is 772. The first-order valence-electron chi connectivity index (χ1n) is 8.71. The molecule has 1 fully saturated rings. The number of amides is 1. The van der Waals surface area contributed by atoms with Gasteiger partial charge in [0.05, 0.1) is 0 Å². The number of nitrogens with zero attached hydrogens (tertiary/aromatic N) is 2. The number of aryl methyl sites for hydroxylation is 1. The summed E-state index contributed by atoms with van der Waals surface area (Å²) in [5.41, 5.74) is 2.64. The van der Waals surface area contributed by atoms with Crippen molar-refractivity contribution in [3.8, 4) is 0 Å². The Morgan fingerprint density at radius 2 is 1.92 bits per heavy atom. The Balaban J connectivity index is 1.76. The maximum atomic E-state index is 12.6. The smallest absolute Gasteiger partial charge is 0.274 e. The molecule has 1 saturated carbocycles. The Kier molecular flexibility index (Phi) is 5.53. The molecule has 1 aliphatic rings. The maximum absolute atomic E-state index is 12.6. The third-order valence-corrected chi connectivity index (χ3v) is 4.95. The molecule has 0 radical (unpaired) electrons. The fourth-order valence-electron chi connectivity index (χ4n) is 3.11. The van der Waals surface area contributed by atoms with E-state index in [0.29, 0.717) is 28.4 Å². The summed E-state index contributed by atoms with van der Waals surface area (Å²) in [7, 11) is 0. The second-order valence-electron chi connectivity index (χ2n) is 6.56. The minimum Gasteiger partial charge on any atom is -0.351 e. The molecule has 0 saturated heterocycles. The van der Waals surface area contributed by atoms with Gasteiger partial charge in [-0.3, -0.25) is 4.79 Å². The molecule has 1 aliphatic carbocycles. The fraction of sp³-hybridized carbons (Fsp3) is 0.421. The largest absolute Gasteiger partial charge is 0.351 e. The van der Waals surface area contributed by atoms with Crippen LogP contribution in [0, 0.1) is 13.8 Å². The van der Waals surface area contributed by atoms with Gasteiger partial charge in [0, 0.05) is 22.4 Å². The number of nitrogens with one attached hydrogen (secondary N) is 2. The summed E-state index contributed by atoms with van der Waals surface area (Å²) >= 11 is 6.12. The Labute approximate surface area is 153 Å². The Morgan fingerprint density at radius 3 is 2.68 bits per heavy atom. The molecule has 2 aromatic rings.